The van der Waals surface area contributed by atoms with Crippen LogP contribution in [0.2, 0.25) is 5.02 Å². The lowest BCUT2D eigenvalue weighted by Gasteiger charge is -2.08. The van der Waals surface area contributed by atoms with E-state index in [1.807, 2.05) is 0 Å². The number of nitrogens with zero attached hydrogens (tertiary/aromatic N) is 3. The molecule has 2 aromatic carbocycles. The number of phenols is 1. The molecule has 0 radical (unpaired) electrons. The van der Waals surface area contributed by atoms with E-state index in [1.165, 1.54) is 43.0 Å². The van der Waals surface area contributed by atoms with Gasteiger partial charge < -0.3 is 9.84 Å². The fourth-order valence-electron chi connectivity index (χ4n) is 4.00. The molecule has 1 fully saturated rings. The molecule has 8 nitrogen and oxygen atoms in total. The number of nitrogens with one attached hydrogen (secondary N) is 1. The van der Waals surface area contributed by atoms with E-state index in [2.05, 4.69) is 19.7 Å². The summed E-state index contributed by atoms with van der Waals surface area (Å²) in [5.74, 6) is 0.257. The molecule has 2 N–H and O–H groups in total. The predicted molar refractivity (Wildman–Crippen MR) is 151 cm³/mol. The van der Waals surface area contributed by atoms with Crippen LogP contribution in [0.4, 0.5) is 15.2 Å². The number of hydrogen-bond donors (Lipinski definition) is 2. The summed E-state index contributed by atoms with van der Waals surface area (Å²) in [6.45, 7) is 1.62. The first-order valence-electron chi connectivity index (χ1n) is 12.0. The Hall–Kier alpha value is -3.54. The van der Waals surface area contributed by atoms with Gasteiger partial charge in [0.1, 0.15) is 5.82 Å². The summed E-state index contributed by atoms with van der Waals surface area (Å²) in [6.07, 6.45) is 5.76. The van der Waals surface area contributed by atoms with Crippen LogP contribution in [0, 0.1) is 18.7 Å². The Morgan fingerprint density at radius 1 is 1.28 bits per heavy atom. The van der Waals surface area contributed by atoms with Crippen molar-refractivity contribution < 1.29 is 22.7 Å². The van der Waals surface area contributed by atoms with Crippen molar-refractivity contribution in [2.45, 2.75) is 31.2 Å². The number of anilines is 1. The number of pyridine rings is 1. The van der Waals surface area contributed by atoms with Gasteiger partial charge in [0.15, 0.2) is 21.7 Å². The van der Waals surface area contributed by atoms with Gasteiger partial charge in [-0.25, -0.2) is 14.4 Å². The van der Waals surface area contributed by atoms with Gasteiger partial charge in [-0.05, 0) is 74.1 Å². The summed E-state index contributed by atoms with van der Waals surface area (Å²) >= 11 is 7.24. The van der Waals surface area contributed by atoms with Crippen LogP contribution in [-0.4, -0.2) is 36.8 Å². The molecule has 0 aliphatic heterocycles. The Labute approximate surface area is 234 Å². The molecule has 0 bridgehead atoms. The number of benzene rings is 2. The lowest BCUT2D eigenvalue weighted by atomic mass is 10.1. The summed E-state index contributed by atoms with van der Waals surface area (Å²) in [4.78, 5) is 13.9. The molecule has 2 aromatic heterocycles. The second-order valence-corrected chi connectivity index (χ2v) is 12.2. The maximum absolute atomic E-state index is 13.7. The molecule has 4 aromatic rings. The second-order valence-electron chi connectivity index (χ2n) is 9.14. The molecule has 5 rings (SSSR count). The Kier molecular flexibility index (Phi) is 7.57. The highest BCUT2D eigenvalue weighted by Gasteiger charge is 2.27. The number of para-hydroxylation sites is 1. The molecule has 2 heterocycles. The van der Waals surface area contributed by atoms with E-state index in [1.54, 1.807) is 37.3 Å². The summed E-state index contributed by atoms with van der Waals surface area (Å²) in [6, 6.07) is 11.0. The van der Waals surface area contributed by atoms with Crippen molar-refractivity contribution >= 4 is 50.0 Å². The van der Waals surface area contributed by atoms with Crippen LogP contribution in [0.3, 0.4) is 0 Å². The maximum atomic E-state index is 13.7. The molecular formula is C27H24ClFN4O4S2. The van der Waals surface area contributed by atoms with E-state index in [0.29, 0.717) is 39.7 Å². The Morgan fingerprint density at radius 2 is 2.08 bits per heavy atom. The van der Waals surface area contributed by atoms with Crippen molar-refractivity contribution in [2.75, 3.05) is 11.8 Å². The molecule has 1 aliphatic carbocycles. The highest BCUT2D eigenvalue weighted by Crippen LogP contribution is 2.40. The van der Waals surface area contributed by atoms with Gasteiger partial charge in [-0.1, -0.05) is 17.7 Å². The number of rotatable bonds is 9. The second kappa shape index (κ2) is 10.9. The zero-order valence-corrected chi connectivity index (χ0v) is 23.4. The SMILES string of the molecule is COc1cccc(C=Nc2cnc(S(=O)(=O)Nc3nc(-c4ccc(F)c(Cl)c4)c(CC4CC4)s3)c(C)c2)c1O. The number of phenolic OH excluding ortho intramolecular Hbond substituents is 1. The number of aryl methyl sites for hydroxylation is 1. The van der Waals surface area contributed by atoms with Gasteiger partial charge in [-0.3, -0.25) is 9.71 Å². The van der Waals surface area contributed by atoms with Gasteiger partial charge in [0.05, 0.1) is 29.7 Å². The van der Waals surface area contributed by atoms with E-state index in [9.17, 15) is 17.9 Å². The minimum atomic E-state index is -4.06. The third-order valence-electron chi connectivity index (χ3n) is 6.16. The highest BCUT2D eigenvalue weighted by molar-refractivity contribution is 7.92. The standard InChI is InChI=1S/C27H24ClFN4O4S2/c1-15-10-19(30-13-18-4-3-5-22(37-2)25(18)34)14-31-26(15)39(35,36)33-27-32-24(23(38-27)11-16-6-7-16)17-8-9-21(29)20(28)12-17/h3-5,8-10,12-14,16,34H,6-7,11H2,1-2H3,(H,32,33). The maximum Gasteiger partial charge on any atom is 0.281 e. The molecule has 1 aliphatic rings. The zero-order chi connectivity index (χ0) is 27.7. The summed E-state index contributed by atoms with van der Waals surface area (Å²) in [7, 11) is -2.61. The smallest absolute Gasteiger partial charge is 0.281 e. The molecule has 39 heavy (non-hydrogen) atoms. The average Bonchev–Trinajstić information content (AvgIpc) is 3.63. The zero-order valence-electron chi connectivity index (χ0n) is 21.0. The number of methoxy groups -OCH3 is 1. The van der Waals surface area contributed by atoms with Crippen molar-refractivity contribution in [2.24, 2.45) is 10.9 Å². The fourth-order valence-corrected chi connectivity index (χ4v) is 6.67. The monoisotopic (exact) mass is 586 g/mol. The van der Waals surface area contributed by atoms with Crippen LogP contribution in [0.1, 0.15) is 28.8 Å². The predicted octanol–water partition coefficient (Wildman–Crippen LogP) is 6.52. The lowest BCUT2D eigenvalue weighted by molar-refractivity contribution is 0.373. The summed E-state index contributed by atoms with van der Waals surface area (Å²) < 4.78 is 47.9. The number of aromatic hydroxyl groups is 1. The van der Waals surface area contributed by atoms with Crippen LogP contribution >= 0.6 is 22.9 Å². The first-order chi connectivity index (χ1) is 18.6. The minimum Gasteiger partial charge on any atom is -0.504 e. The van der Waals surface area contributed by atoms with E-state index >= 15 is 0 Å². The van der Waals surface area contributed by atoms with Gasteiger partial charge in [0.2, 0.25) is 0 Å². The lowest BCUT2D eigenvalue weighted by Crippen LogP contribution is -2.15. The quantitative estimate of drug-likeness (QED) is 0.216. The number of thiazole rings is 1. The number of hydrogen-bond acceptors (Lipinski definition) is 8. The van der Waals surface area contributed by atoms with Gasteiger partial charge >= 0.3 is 0 Å². The molecular weight excluding hydrogens is 563 g/mol. The summed E-state index contributed by atoms with van der Waals surface area (Å²) in [5.41, 5.74) is 2.44. The molecule has 0 saturated heterocycles. The van der Waals surface area contributed by atoms with E-state index in [4.69, 9.17) is 16.3 Å². The highest BCUT2D eigenvalue weighted by atomic mass is 35.5. The largest absolute Gasteiger partial charge is 0.504 e. The van der Waals surface area contributed by atoms with Gasteiger partial charge in [-0.15, -0.1) is 11.3 Å². The van der Waals surface area contributed by atoms with Gasteiger partial charge in [0, 0.05) is 22.2 Å². The molecule has 0 atom stereocenters. The third kappa shape index (κ3) is 6.05. The Bertz CT molecular complexity index is 1690. The molecule has 1 saturated carbocycles. The normalized spacial score (nSPS) is 13.6. The molecule has 0 unspecified atom stereocenters. The van der Waals surface area contributed by atoms with Crippen LogP contribution < -0.4 is 9.46 Å². The van der Waals surface area contributed by atoms with Crippen LogP contribution in [0.5, 0.6) is 11.5 Å². The number of ether oxygens (including phenoxy) is 1. The number of halogens is 2. The average molecular weight is 587 g/mol. The van der Waals surface area contributed by atoms with Crippen LogP contribution in [-0.2, 0) is 16.4 Å². The van der Waals surface area contributed by atoms with Crippen molar-refractivity contribution in [1.82, 2.24) is 9.97 Å². The molecule has 0 amide bonds. The van der Waals surface area contributed by atoms with Crippen molar-refractivity contribution in [3.05, 3.63) is 75.5 Å². The molecule has 202 valence electrons. The van der Waals surface area contributed by atoms with Crippen LogP contribution in [0.25, 0.3) is 11.3 Å². The van der Waals surface area contributed by atoms with Gasteiger partial charge in [0.25, 0.3) is 10.0 Å². The third-order valence-corrected chi connectivity index (χ3v) is 8.97. The Morgan fingerprint density at radius 3 is 2.77 bits per heavy atom. The number of sulfonamides is 1. The Balaban J connectivity index is 1.39. The first-order valence-corrected chi connectivity index (χ1v) is 14.7. The van der Waals surface area contributed by atoms with E-state index < -0.39 is 15.8 Å². The van der Waals surface area contributed by atoms with E-state index in [-0.39, 0.29) is 20.9 Å². The molecule has 0 spiro atoms. The fraction of sp³-hybridized carbons (Fsp3) is 0.222. The van der Waals surface area contributed by atoms with E-state index in [0.717, 1.165) is 24.1 Å². The topological polar surface area (TPSA) is 114 Å². The van der Waals surface area contributed by atoms with Crippen molar-refractivity contribution in [1.29, 1.82) is 0 Å². The van der Waals surface area contributed by atoms with Gasteiger partial charge in [-0.2, -0.15) is 8.42 Å². The molecule has 12 heteroatoms. The summed E-state index contributed by atoms with van der Waals surface area (Å²) in [5, 5.41) is 10.2. The van der Waals surface area contributed by atoms with Crippen LogP contribution in [0.15, 0.2) is 58.7 Å². The van der Waals surface area contributed by atoms with Crippen molar-refractivity contribution in [3.8, 4) is 22.8 Å². The van der Waals surface area contributed by atoms with Crippen molar-refractivity contribution in [3.63, 3.8) is 0 Å². The first kappa shape index (κ1) is 27.0. The number of aliphatic imine (C=N–C) groups is 1. The minimum absolute atomic E-state index is 0.0239. The number of aromatic nitrogens is 2.